The van der Waals surface area contributed by atoms with Crippen LogP contribution in [-0.2, 0) is 4.84 Å². The van der Waals surface area contributed by atoms with Crippen molar-refractivity contribution in [2.75, 3.05) is 0 Å². The summed E-state index contributed by atoms with van der Waals surface area (Å²) in [7, 11) is 0. The molecule has 0 aliphatic rings. The molecule has 0 aromatic heterocycles. The molecular weight excluding hydrogens is 105 g/mol. The number of carbonyl (C=O) groups excluding carboxylic acids is 1. The lowest BCUT2D eigenvalue weighted by Gasteiger charge is -1.77. The van der Waals surface area contributed by atoms with Gasteiger partial charge in [0.2, 0.25) is 0 Å². The molecule has 0 bridgehead atoms. The highest BCUT2D eigenvalue weighted by molar-refractivity contribution is 6.61. The predicted octanol–water partition coefficient (Wildman–Crippen LogP) is 0.977. The van der Waals surface area contributed by atoms with E-state index in [1.54, 1.807) is 0 Å². The molecule has 0 aromatic carbocycles. The maximum Gasteiger partial charge on any atom is 0.429 e. The van der Waals surface area contributed by atoms with E-state index in [2.05, 4.69) is 28.3 Å². The van der Waals surface area contributed by atoms with Crippen molar-refractivity contribution in [3.8, 4) is 0 Å². The Morgan fingerprint density at radius 1 is 2.00 bits per heavy atom. The summed E-state index contributed by atoms with van der Waals surface area (Å²) < 4.78 is 0. The first kappa shape index (κ1) is 5.43. The van der Waals surface area contributed by atoms with Crippen molar-refractivity contribution >= 4 is 23.7 Å². The Morgan fingerprint density at radius 2 is 2.50 bits per heavy atom. The van der Waals surface area contributed by atoms with Crippen LogP contribution in [0.25, 0.3) is 0 Å². The minimum Gasteiger partial charge on any atom is -0.303 e. The molecule has 0 unspecified atom stereocenters. The van der Waals surface area contributed by atoms with E-state index in [1.165, 1.54) is 0 Å². The van der Waals surface area contributed by atoms with Crippen molar-refractivity contribution in [1.82, 2.24) is 0 Å². The molecule has 0 atom stereocenters. The summed E-state index contributed by atoms with van der Waals surface area (Å²) in [4.78, 5) is 13.1. The minimum absolute atomic E-state index is 0.968. The van der Waals surface area contributed by atoms with Crippen LogP contribution in [0.15, 0.2) is 5.16 Å². The lowest BCUT2D eigenvalue weighted by molar-refractivity contribution is 0.180. The number of rotatable bonds is 1. The summed E-state index contributed by atoms with van der Waals surface area (Å²) in [6.07, 6.45) is 0. The van der Waals surface area contributed by atoms with Crippen LogP contribution in [0.2, 0.25) is 0 Å². The average molecular weight is 107 g/mol. The molecule has 34 valence electrons. The maximum absolute atomic E-state index is 9.45. The van der Waals surface area contributed by atoms with Gasteiger partial charge in [0.15, 0.2) is 0 Å². The first-order valence-electron chi connectivity index (χ1n) is 1.10. The normalized spacial score (nSPS) is 6.83. The van der Waals surface area contributed by atoms with Crippen molar-refractivity contribution < 1.29 is 9.63 Å². The Morgan fingerprint density at radius 3 is 2.50 bits per heavy atom. The molecule has 4 heteroatoms. The third kappa shape index (κ3) is 3.43. The molecule has 0 aliphatic carbocycles. The van der Waals surface area contributed by atoms with Crippen molar-refractivity contribution in [2.45, 2.75) is 0 Å². The summed E-state index contributed by atoms with van der Waals surface area (Å²) in [5, 5.41) is 2.70. The summed E-state index contributed by atoms with van der Waals surface area (Å²) in [6, 6.07) is 0. The highest BCUT2D eigenvalue weighted by Crippen LogP contribution is 1.83. The molecule has 0 rings (SSSR count). The Hall–Kier alpha value is -0.570. The van der Waals surface area contributed by atoms with Crippen molar-refractivity contribution in [3.05, 3.63) is 0 Å². The van der Waals surface area contributed by atoms with Crippen LogP contribution in [0, 0.1) is 0 Å². The zero-order valence-electron chi connectivity index (χ0n) is 2.85. The van der Waals surface area contributed by atoms with E-state index in [9.17, 15) is 4.79 Å². The predicted molar refractivity (Wildman–Crippen MR) is 21.9 cm³/mol. The van der Waals surface area contributed by atoms with Crippen LogP contribution >= 0.6 is 11.6 Å². The van der Waals surface area contributed by atoms with E-state index in [0.29, 0.717) is 0 Å². The Labute approximate surface area is 39.5 Å². The number of carbonyl (C=O) groups is 1. The summed E-state index contributed by atoms with van der Waals surface area (Å²) in [5.74, 6) is 0. The van der Waals surface area contributed by atoms with Crippen LogP contribution in [0.4, 0.5) is 4.79 Å². The zero-order valence-corrected chi connectivity index (χ0v) is 3.60. The second-order valence-electron chi connectivity index (χ2n) is 0.458. The number of halogens is 1. The monoisotopic (exact) mass is 107 g/mol. The van der Waals surface area contributed by atoms with E-state index >= 15 is 0 Å². The van der Waals surface area contributed by atoms with E-state index < -0.39 is 5.43 Å². The van der Waals surface area contributed by atoms with E-state index in [1.807, 2.05) is 0 Å². The molecule has 0 amide bonds. The molecule has 0 saturated heterocycles. The molecular formula is C2H2ClNO2. The average Bonchev–Trinajstić information content (AvgIpc) is 1.35. The van der Waals surface area contributed by atoms with E-state index in [0.717, 1.165) is 0 Å². The van der Waals surface area contributed by atoms with E-state index in [4.69, 9.17) is 0 Å². The molecule has 0 fully saturated rings. The molecule has 0 aromatic rings. The van der Waals surface area contributed by atoms with Gasteiger partial charge in [0.25, 0.3) is 0 Å². The highest BCUT2D eigenvalue weighted by Gasteiger charge is 1.85. The summed E-state index contributed by atoms with van der Waals surface area (Å²) in [5.41, 5.74) is -0.968. The van der Waals surface area contributed by atoms with Crippen LogP contribution in [0.3, 0.4) is 0 Å². The second kappa shape index (κ2) is 2.66. The third-order valence-corrected chi connectivity index (χ3v) is 0.205. The molecule has 0 heterocycles. The van der Waals surface area contributed by atoms with Gasteiger partial charge in [-0.3, -0.25) is 0 Å². The Bertz CT molecular complexity index is 71.9. The van der Waals surface area contributed by atoms with Gasteiger partial charge in [-0.1, -0.05) is 5.16 Å². The fraction of sp³-hybridized carbons (Fsp3) is 0. The Balaban J connectivity index is 3.05. The molecule has 0 aliphatic heterocycles. The fourth-order valence-corrected chi connectivity index (χ4v) is 0.0995. The van der Waals surface area contributed by atoms with Gasteiger partial charge in [0.05, 0.1) is 0 Å². The number of hydrogen-bond acceptors (Lipinski definition) is 3. The number of oxime groups is 1. The largest absolute Gasteiger partial charge is 0.429 e. The van der Waals surface area contributed by atoms with Gasteiger partial charge in [-0.2, -0.15) is 0 Å². The van der Waals surface area contributed by atoms with Gasteiger partial charge in [-0.05, 0) is 0 Å². The lowest BCUT2D eigenvalue weighted by atomic mass is 11.6. The highest BCUT2D eigenvalue weighted by atomic mass is 35.5. The van der Waals surface area contributed by atoms with Crippen molar-refractivity contribution in [2.24, 2.45) is 5.16 Å². The Kier molecular flexibility index (Phi) is 2.40. The molecule has 0 radical (unpaired) electrons. The van der Waals surface area contributed by atoms with Crippen LogP contribution in [0.5, 0.6) is 0 Å². The van der Waals surface area contributed by atoms with E-state index in [-0.39, 0.29) is 0 Å². The van der Waals surface area contributed by atoms with Gasteiger partial charge in [-0.25, -0.2) is 4.79 Å². The standard InChI is InChI=1S/C2H2ClNO2/c1-4-6-2(3)5/h1H2. The quantitative estimate of drug-likeness (QED) is 0.217. The summed E-state index contributed by atoms with van der Waals surface area (Å²) >= 11 is 4.58. The van der Waals surface area contributed by atoms with Crippen LogP contribution in [0.1, 0.15) is 0 Å². The lowest BCUT2D eigenvalue weighted by Crippen LogP contribution is -1.79. The molecule has 6 heavy (non-hydrogen) atoms. The number of hydrogen-bond donors (Lipinski definition) is 0. The molecule has 3 nitrogen and oxygen atoms in total. The van der Waals surface area contributed by atoms with Crippen molar-refractivity contribution in [3.63, 3.8) is 0 Å². The SMILES string of the molecule is C=NOC(=O)Cl. The second-order valence-corrected chi connectivity index (χ2v) is 0.767. The fourth-order valence-electron chi connectivity index (χ4n) is 0.0507. The zero-order chi connectivity index (χ0) is 4.99. The van der Waals surface area contributed by atoms with Crippen molar-refractivity contribution in [1.29, 1.82) is 0 Å². The smallest absolute Gasteiger partial charge is 0.303 e. The minimum atomic E-state index is -0.968. The van der Waals surface area contributed by atoms with Gasteiger partial charge in [0.1, 0.15) is 0 Å². The molecule has 0 N–H and O–H groups in total. The topological polar surface area (TPSA) is 38.7 Å². The first-order chi connectivity index (χ1) is 2.77. The first-order valence-corrected chi connectivity index (χ1v) is 1.47. The van der Waals surface area contributed by atoms with Crippen LogP contribution < -0.4 is 0 Å². The molecule has 0 spiro atoms. The van der Waals surface area contributed by atoms with Gasteiger partial charge >= 0.3 is 5.43 Å². The third-order valence-electron chi connectivity index (χ3n) is 0.136. The van der Waals surface area contributed by atoms with Gasteiger partial charge in [-0.15, -0.1) is 0 Å². The van der Waals surface area contributed by atoms with Gasteiger partial charge in [0, 0.05) is 18.3 Å². The van der Waals surface area contributed by atoms with Gasteiger partial charge < -0.3 is 4.84 Å². The summed E-state index contributed by atoms with van der Waals surface area (Å²) in [6.45, 7) is 2.82. The van der Waals surface area contributed by atoms with Crippen LogP contribution in [-0.4, -0.2) is 12.1 Å². The molecule has 0 saturated carbocycles. The maximum atomic E-state index is 9.45. The number of nitrogens with zero attached hydrogens (tertiary/aromatic N) is 1.